The van der Waals surface area contributed by atoms with Crippen LogP contribution in [0.5, 0.6) is 0 Å². The quantitative estimate of drug-likeness (QED) is 0.450. The zero-order chi connectivity index (χ0) is 17.5. The molecule has 0 amide bonds. The first-order valence-electron chi connectivity index (χ1n) is 8.06. The number of hydrogen-bond acceptors (Lipinski definition) is 6. The van der Waals surface area contributed by atoms with Gasteiger partial charge in [-0.15, -0.1) is 0 Å². The Kier molecular flexibility index (Phi) is 17.6. The molecule has 0 atom stereocenters. The van der Waals surface area contributed by atoms with Gasteiger partial charge in [0.1, 0.15) is 0 Å². The van der Waals surface area contributed by atoms with Crippen LogP contribution < -0.4 is 0 Å². The first-order valence-corrected chi connectivity index (χ1v) is 14.7. The van der Waals surface area contributed by atoms with Crippen molar-refractivity contribution >= 4 is 8.80 Å². The molecule has 0 rings (SSSR count). The van der Waals surface area contributed by atoms with Gasteiger partial charge in [0, 0.05) is 27.4 Å². The van der Waals surface area contributed by atoms with Gasteiger partial charge in [0.15, 0.2) is 0 Å². The minimum absolute atomic E-state index is 0.698. The van der Waals surface area contributed by atoms with E-state index in [-0.39, 0.29) is 0 Å². The first-order chi connectivity index (χ1) is 10.5. The Morgan fingerprint density at radius 1 is 0.682 bits per heavy atom. The average Bonchev–Trinajstić information content (AvgIpc) is 2.54. The molecule has 0 saturated carbocycles. The van der Waals surface area contributed by atoms with Crippen LogP contribution in [0, 0.1) is 0 Å². The molecule has 0 fully saturated rings. The molecule has 0 unspecified atom stereocenters. The van der Waals surface area contributed by atoms with Crippen LogP contribution in [0.2, 0.25) is 10.2 Å². The summed E-state index contributed by atoms with van der Waals surface area (Å²) in [6, 6.07) is 0.885. The molecule has 0 aliphatic heterocycles. The molecule has 0 heterocycles. The maximum atomic E-state index is 5.63. The standard InChI is InChI=1S/C6H16O3Si.3C2H5O.C2H5.Zr/c1-5-6-10(7-2,8-3)9-4;3*1-2-3;1-2;/h5-6H2,1-4H3;3*2H2,1H3;1H2,2H3;/q;3*-1;;+3. The second-order valence-corrected chi connectivity index (χ2v) is 14.7. The summed E-state index contributed by atoms with van der Waals surface area (Å²) in [4.78, 5) is 0. The Balaban J connectivity index is 0. The molecule has 0 aliphatic rings. The Labute approximate surface area is 144 Å². The summed E-state index contributed by atoms with van der Waals surface area (Å²) in [5.41, 5.74) is 0. The van der Waals surface area contributed by atoms with Gasteiger partial charge in [0.25, 0.3) is 0 Å². The van der Waals surface area contributed by atoms with Gasteiger partial charge in [-0.2, -0.15) is 0 Å². The van der Waals surface area contributed by atoms with Crippen molar-refractivity contribution in [2.75, 3.05) is 41.2 Å². The topological polar surface area (TPSA) is 55.4 Å². The van der Waals surface area contributed by atoms with Gasteiger partial charge in [-0.3, -0.25) is 0 Å². The van der Waals surface area contributed by atoms with E-state index in [1.165, 1.54) is 0 Å². The number of rotatable bonds is 12. The predicted octanol–water partition coefficient (Wildman–Crippen LogP) is 3.71. The fourth-order valence-corrected chi connectivity index (χ4v) is 9.04. The summed E-state index contributed by atoms with van der Waals surface area (Å²) < 4.78 is 33.3. The van der Waals surface area contributed by atoms with Crippen LogP contribution in [0.1, 0.15) is 41.0 Å². The van der Waals surface area contributed by atoms with Crippen LogP contribution in [-0.2, 0) is 43.3 Å². The molecule has 0 radical (unpaired) electrons. The van der Waals surface area contributed by atoms with E-state index in [1.54, 1.807) is 21.3 Å². The molecule has 0 aromatic heterocycles. The second-order valence-electron chi connectivity index (χ2n) is 4.38. The Hall–Kier alpha value is 0.860. The van der Waals surface area contributed by atoms with E-state index in [0.29, 0.717) is 19.8 Å². The number of hydrogen-bond donors (Lipinski definition) is 0. The van der Waals surface area contributed by atoms with Gasteiger partial charge >= 0.3 is 90.5 Å². The van der Waals surface area contributed by atoms with Gasteiger partial charge in [-0.1, -0.05) is 13.3 Å². The van der Waals surface area contributed by atoms with Gasteiger partial charge in [-0.25, -0.2) is 0 Å². The van der Waals surface area contributed by atoms with E-state index in [0.717, 1.165) is 16.6 Å². The van der Waals surface area contributed by atoms with E-state index in [1.807, 2.05) is 20.8 Å². The SMILES string of the molecule is CCC[Si](OC)(OC)OC.CC[O][Zr]([CH2]C)([O]CC)[O]CC. The summed E-state index contributed by atoms with van der Waals surface area (Å²) in [5, 5.41) is 0. The molecule has 8 heteroatoms. The Morgan fingerprint density at radius 2 is 1.05 bits per heavy atom. The summed E-state index contributed by atoms with van der Waals surface area (Å²) in [5.74, 6) is 0. The van der Waals surface area contributed by atoms with E-state index in [2.05, 4.69) is 13.8 Å². The average molecular weight is 420 g/mol. The molecule has 0 bridgehead atoms. The van der Waals surface area contributed by atoms with Crippen molar-refractivity contribution in [3.63, 3.8) is 0 Å². The summed E-state index contributed by atoms with van der Waals surface area (Å²) in [6.07, 6.45) is 1.03. The van der Waals surface area contributed by atoms with Crippen LogP contribution in [0.15, 0.2) is 0 Å². The van der Waals surface area contributed by atoms with Crippen molar-refractivity contribution in [1.82, 2.24) is 0 Å². The fraction of sp³-hybridized carbons (Fsp3) is 1.00. The molecular formula is C14H36O6SiZr. The van der Waals surface area contributed by atoms with E-state index in [4.69, 9.17) is 21.7 Å². The van der Waals surface area contributed by atoms with Crippen molar-refractivity contribution in [3.05, 3.63) is 0 Å². The molecule has 0 saturated heterocycles. The summed E-state index contributed by atoms with van der Waals surface area (Å²) >= 11 is -3.02. The van der Waals surface area contributed by atoms with Gasteiger partial charge in [-0.05, 0) is 0 Å². The second kappa shape index (κ2) is 15.4. The third-order valence-corrected chi connectivity index (χ3v) is 13.5. The summed E-state index contributed by atoms with van der Waals surface area (Å²) in [6.45, 7) is 12.2. The molecule has 0 aromatic carbocycles. The van der Waals surface area contributed by atoms with Crippen LogP contribution in [0.25, 0.3) is 0 Å². The zero-order valence-corrected chi connectivity index (χ0v) is 19.2. The van der Waals surface area contributed by atoms with Crippen molar-refractivity contribution in [2.24, 2.45) is 0 Å². The normalized spacial score (nSPS) is 12.0. The van der Waals surface area contributed by atoms with Crippen LogP contribution in [0.3, 0.4) is 0 Å². The molecule has 0 aromatic rings. The third-order valence-electron chi connectivity index (χ3n) is 3.01. The van der Waals surface area contributed by atoms with E-state index < -0.39 is 30.4 Å². The molecule has 22 heavy (non-hydrogen) atoms. The third kappa shape index (κ3) is 9.88. The maximum absolute atomic E-state index is 5.63. The molecular weight excluding hydrogens is 383 g/mol. The monoisotopic (exact) mass is 418 g/mol. The van der Waals surface area contributed by atoms with E-state index in [9.17, 15) is 0 Å². The Morgan fingerprint density at radius 3 is 1.18 bits per heavy atom. The Bertz CT molecular complexity index is 216. The van der Waals surface area contributed by atoms with Crippen LogP contribution in [-0.4, -0.2) is 50.0 Å². The predicted molar refractivity (Wildman–Crippen MR) is 87.2 cm³/mol. The molecule has 136 valence electrons. The van der Waals surface area contributed by atoms with Crippen molar-refractivity contribution in [2.45, 2.75) is 51.2 Å². The molecule has 0 N–H and O–H groups in total. The fourth-order valence-electron chi connectivity index (χ4n) is 1.95. The summed E-state index contributed by atoms with van der Waals surface area (Å²) in [7, 11) is 2.68. The van der Waals surface area contributed by atoms with Crippen molar-refractivity contribution < 1.29 is 43.3 Å². The first kappa shape index (κ1) is 25.1. The van der Waals surface area contributed by atoms with Crippen LogP contribution >= 0.6 is 0 Å². The molecule has 0 spiro atoms. The van der Waals surface area contributed by atoms with Crippen molar-refractivity contribution in [3.8, 4) is 0 Å². The van der Waals surface area contributed by atoms with Crippen molar-refractivity contribution in [1.29, 1.82) is 0 Å². The molecule has 6 nitrogen and oxygen atoms in total. The van der Waals surface area contributed by atoms with Gasteiger partial charge < -0.3 is 13.3 Å². The minimum atomic E-state index is -3.02. The van der Waals surface area contributed by atoms with Gasteiger partial charge in [0.2, 0.25) is 0 Å². The molecule has 0 aliphatic carbocycles. The van der Waals surface area contributed by atoms with Crippen LogP contribution in [0.4, 0.5) is 0 Å². The van der Waals surface area contributed by atoms with Gasteiger partial charge in [0.05, 0.1) is 0 Å². The zero-order valence-electron chi connectivity index (χ0n) is 15.7. The van der Waals surface area contributed by atoms with E-state index >= 15 is 0 Å².